The van der Waals surface area contributed by atoms with Crippen molar-refractivity contribution in [3.05, 3.63) is 12.2 Å². The van der Waals surface area contributed by atoms with Gasteiger partial charge >= 0.3 is 11.9 Å². The SMILES string of the molecule is C=C(CC(=O)OCCCCCCCCCCCC)C(=O)OCCCS(=O)(=O)O. The zero-order valence-electron chi connectivity index (χ0n) is 17.1. The Balaban J connectivity index is 3.59. The first-order chi connectivity index (χ1) is 13.3. The van der Waals surface area contributed by atoms with Crippen LogP contribution in [-0.4, -0.2) is 43.9 Å². The van der Waals surface area contributed by atoms with Gasteiger partial charge in [0.25, 0.3) is 10.1 Å². The molecule has 0 heterocycles. The lowest BCUT2D eigenvalue weighted by molar-refractivity contribution is -0.146. The lowest BCUT2D eigenvalue weighted by Gasteiger charge is -2.08. The van der Waals surface area contributed by atoms with Crippen LogP contribution in [0.3, 0.4) is 0 Å². The van der Waals surface area contributed by atoms with Gasteiger partial charge in [-0.25, -0.2) is 4.79 Å². The van der Waals surface area contributed by atoms with Crippen molar-refractivity contribution in [1.82, 2.24) is 0 Å². The minimum absolute atomic E-state index is 0.0267. The maximum absolute atomic E-state index is 11.7. The molecule has 0 aliphatic heterocycles. The summed E-state index contributed by atoms with van der Waals surface area (Å²) in [5.41, 5.74) is -0.0417. The molecule has 0 radical (unpaired) electrons. The number of carbonyl (C=O) groups is 2. The smallest absolute Gasteiger partial charge is 0.333 e. The maximum atomic E-state index is 11.7. The summed E-state index contributed by atoms with van der Waals surface area (Å²) < 4.78 is 39.5. The molecule has 28 heavy (non-hydrogen) atoms. The number of hydrogen-bond acceptors (Lipinski definition) is 6. The largest absolute Gasteiger partial charge is 0.465 e. The Morgan fingerprint density at radius 1 is 0.821 bits per heavy atom. The third-order valence-corrected chi connectivity index (χ3v) is 4.99. The third kappa shape index (κ3) is 18.0. The van der Waals surface area contributed by atoms with Gasteiger partial charge in [-0.15, -0.1) is 0 Å². The highest BCUT2D eigenvalue weighted by molar-refractivity contribution is 7.85. The number of unbranched alkanes of at least 4 members (excludes halogenated alkanes) is 9. The van der Waals surface area contributed by atoms with Gasteiger partial charge in [-0.05, 0) is 12.8 Å². The van der Waals surface area contributed by atoms with E-state index in [0.717, 1.165) is 19.3 Å². The average molecular weight is 421 g/mol. The number of ether oxygens (including phenoxy) is 2. The molecule has 0 saturated carbocycles. The molecule has 0 rings (SSSR count). The first-order valence-electron chi connectivity index (χ1n) is 10.2. The van der Waals surface area contributed by atoms with Crippen LogP contribution >= 0.6 is 0 Å². The van der Waals surface area contributed by atoms with Gasteiger partial charge in [0.2, 0.25) is 0 Å². The number of esters is 2. The van der Waals surface area contributed by atoms with E-state index in [9.17, 15) is 18.0 Å². The second kappa shape index (κ2) is 16.5. The van der Waals surface area contributed by atoms with Gasteiger partial charge in [0, 0.05) is 5.57 Å². The van der Waals surface area contributed by atoms with Crippen LogP contribution in [0.1, 0.15) is 84.0 Å². The number of carbonyl (C=O) groups excluding carboxylic acids is 2. The number of hydrogen-bond donors (Lipinski definition) is 1. The van der Waals surface area contributed by atoms with Gasteiger partial charge in [-0.2, -0.15) is 8.42 Å². The molecule has 0 aromatic heterocycles. The van der Waals surface area contributed by atoms with Gasteiger partial charge < -0.3 is 9.47 Å². The minimum Gasteiger partial charge on any atom is -0.465 e. The van der Waals surface area contributed by atoms with E-state index in [1.165, 1.54) is 44.9 Å². The summed E-state index contributed by atoms with van der Waals surface area (Å²) in [5.74, 6) is -1.80. The monoisotopic (exact) mass is 420 g/mol. The zero-order chi connectivity index (χ0) is 21.3. The second-order valence-electron chi connectivity index (χ2n) is 6.96. The van der Waals surface area contributed by atoms with Crippen molar-refractivity contribution in [1.29, 1.82) is 0 Å². The van der Waals surface area contributed by atoms with E-state index in [0.29, 0.717) is 6.61 Å². The highest BCUT2D eigenvalue weighted by Gasteiger charge is 2.14. The molecule has 0 atom stereocenters. The van der Waals surface area contributed by atoms with Crippen molar-refractivity contribution in [3.63, 3.8) is 0 Å². The molecular weight excluding hydrogens is 384 g/mol. The molecule has 164 valence electrons. The molecule has 0 aliphatic carbocycles. The van der Waals surface area contributed by atoms with Gasteiger partial charge in [-0.3, -0.25) is 9.35 Å². The quantitative estimate of drug-likeness (QED) is 0.153. The molecule has 0 aromatic rings. The summed E-state index contributed by atoms with van der Waals surface area (Å²) >= 11 is 0. The first kappa shape index (κ1) is 26.6. The summed E-state index contributed by atoms with van der Waals surface area (Å²) in [5, 5.41) is 0. The van der Waals surface area contributed by atoms with Crippen LogP contribution in [0, 0.1) is 0 Å². The van der Waals surface area contributed by atoms with Gasteiger partial charge in [0.15, 0.2) is 0 Å². The Morgan fingerprint density at radius 2 is 1.32 bits per heavy atom. The summed E-state index contributed by atoms with van der Waals surface area (Å²) in [4.78, 5) is 23.3. The Hall–Kier alpha value is -1.41. The van der Waals surface area contributed by atoms with Crippen LogP contribution in [0.15, 0.2) is 12.2 Å². The summed E-state index contributed by atoms with van der Waals surface area (Å²) in [7, 11) is -4.07. The molecular formula is C20H36O7S. The van der Waals surface area contributed by atoms with Crippen molar-refractivity contribution in [2.24, 2.45) is 0 Å². The van der Waals surface area contributed by atoms with E-state index >= 15 is 0 Å². The standard InChI is InChI=1S/C20H36O7S/c1-3-4-5-6-7-8-9-10-11-12-14-26-19(21)17-18(2)20(22)27-15-13-16-28(23,24)25/h2-17H2,1H3,(H,23,24,25). The Kier molecular flexibility index (Phi) is 15.7. The molecule has 0 fully saturated rings. The highest BCUT2D eigenvalue weighted by Crippen LogP contribution is 2.11. The van der Waals surface area contributed by atoms with E-state index in [4.69, 9.17) is 14.0 Å². The molecule has 0 aromatic carbocycles. The van der Waals surface area contributed by atoms with Crippen LogP contribution in [0.5, 0.6) is 0 Å². The second-order valence-corrected chi connectivity index (χ2v) is 8.53. The minimum atomic E-state index is -4.07. The van der Waals surface area contributed by atoms with E-state index in [2.05, 4.69) is 13.5 Å². The van der Waals surface area contributed by atoms with E-state index in [-0.39, 0.29) is 25.0 Å². The van der Waals surface area contributed by atoms with Gasteiger partial charge in [-0.1, -0.05) is 71.3 Å². The molecule has 7 nitrogen and oxygen atoms in total. The highest BCUT2D eigenvalue weighted by atomic mass is 32.2. The third-order valence-electron chi connectivity index (χ3n) is 4.19. The zero-order valence-corrected chi connectivity index (χ0v) is 17.9. The molecule has 0 aliphatic rings. The molecule has 0 amide bonds. The number of rotatable bonds is 18. The van der Waals surface area contributed by atoms with Crippen molar-refractivity contribution < 1.29 is 32.0 Å². The fraction of sp³-hybridized carbons (Fsp3) is 0.800. The van der Waals surface area contributed by atoms with Crippen LogP contribution in [0.25, 0.3) is 0 Å². The van der Waals surface area contributed by atoms with Crippen molar-refractivity contribution in [3.8, 4) is 0 Å². The molecule has 8 heteroatoms. The average Bonchev–Trinajstić information content (AvgIpc) is 2.62. The predicted octanol–water partition coefficient (Wildman–Crippen LogP) is 4.22. The van der Waals surface area contributed by atoms with E-state index in [1.54, 1.807) is 0 Å². The summed E-state index contributed by atoms with van der Waals surface area (Å²) in [6, 6.07) is 0. The molecule has 0 spiro atoms. The Labute approximate surface area is 169 Å². The van der Waals surface area contributed by atoms with Crippen LogP contribution in [-0.2, 0) is 29.2 Å². The van der Waals surface area contributed by atoms with Crippen molar-refractivity contribution >= 4 is 22.1 Å². The van der Waals surface area contributed by atoms with Crippen LogP contribution in [0.2, 0.25) is 0 Å². The Bertz CT molecular complexity index is 555. The molecule has 1 N–H and O–H groups in total. The van der Waals surface area contributed by atoms with Crippen LogP contribution < -0.4 is 0 Å². The summed E-state index contributed by atoms with van der Waals surface area (Å²) in [6.45, 7) is 5.85. The predicted molar refractivity (Wildman–Crippen MR) is 109 cm³/mol. The van der Waals surface area contributed by atoms with Crippen molar-refractivity contribution in [2.75, 3.05) is 19.0 Å². The van der Waals surface area contributed by atoms with Gasteiger partial charge in [0.1, 0.15) is 0 Å². The lowest BCUT2D eigenvalue weighted by Crippen LogP contribution is -2.15. The summed E-state index contributed by atoms with van der Waals surface area (Å²) in [6.07, 6.45) is 11.7. The Morgan fingerprint density at radius 3 is 1.86 bits per heavy atom. The van der Waals surface area contributed by atoms with E-state index in [1.807, 2.05) is 0 Å². The molecule has 0 bridgehead atoms. The van der Waals surface area contributed by atoms with Gasteiger partial charge in [0.05, 0.1) is 25.4 Å². The molecule has 0 unspecified atom stereocenters. The molecule has 0 saturated heterocycles. The maximum Gasteiger partial charge on any atom is 0.333 e. The van der Waals surface area contributed by atoms with Crippen LogP contribution in [0.4, 0.5) is 0 Å². The fourth-order valence-corrected chi connectivity index (χ4v) is 3.06. The van der Waals surface area contributed by atoms with E-state index < -0.39 is 27.8 Å². The first-order valence-corrected chi connectivity index (χ1v) is 11.8. The fourth-order valence-electron chi connectivity index (χ4n) is 2.58. The topological polar surface area (TPSA) is 107 Å². The lowest BCUT2D eigenvalue weighted by atomic mass is 10.1. The van der Waals surface area contributed by atoms with Crippen molar-refractivity contribution in [2.45, 2.75) is 84.0 Å². The normalized spacial score (nSPS) is 11.2.